The van der Waals surface area contributed by atoms with Crippen LogP contribution in [-0.4, -0.2) is 77.9 Å². The average molecular weight is 787 g/mol. The molecule has 1 heterocycles. The maximum absolute atomic E-state index is 12.6. The molecule has 1 aliphatic rings. The molecule has 1 fully saturated rings. The summed E-state index contributed by atoms with van der Waals surface area (Å²) in [5.74, 6) is -0.963. The lowest BCUT2D eigenvalue weighted by Gasteiger charge is -2.20. The normalized spacial score (nSPS) is 18.0. The van der Waals surface area contributed by atoms with Crippen molar-refractivity contribution in [3.8, 4) is 0 Å². The molecule has 0 amide bonds. The van der Waals surface area contributed by atoms with Gasteiger partial charge in [-0.15, -0.1) is 0 Å². The fourth-order valence-electron chi connectivity index (χ4n) is 5.79. The van der Waals surface area contributed by atoms with Gasteiger partial charge >= 0.3 is 19.8 Å². The summed E-state index contributed by atoms with van der Waals surface area (Å²) in [5.41, 5.74) is 0. The number of rotatable bonds is 38. The number of aliphatic hydroxyl groups excluding tert-OH is 2. The Morgan fingerprint density at radius 3 is 1.83 bits per heavy atom. The van der Waals surface area contributed by atoms with Crippen LogP contribution in [0.4, 0.5) is 0 Å². The molecule has 11 nitrogen and oxygen atoms in total. The second kappa shape index (κ2) is 34.4. The standard InChI is InChI=1S/C42H75O11P/c1-3-5-7-8-9-10-11-12-13-14-15-16-21-24-28-32-42(46)52-38(36-51-54(47,48)50-34-37(44)33-43)35-49-41(45)31-27-23-20-18-17-19-22-26-30-40-39(53-40)29-25-6-4-2/h9-10,12-13,22,26,37-40,43-44H,3-8,11,14-21,23-25,27-36H2,1-2H3,(H,47,48)/b10-9-,13-12-,26-22-/t37-,38+,39?,40?/m0/s1. The predicted octanol–water partition coefficient (Wildman–Crippen LogP) is 9.77. The molecule has 1 saturated heterocycles. The zero-order chi connectivity index (χ0) is 39.5. The molecule has 0 spiro atoms. The summed E-state index contributed by atoms with van der Waals surface area (Å²) in [4.78, 5) is 35.0. The first-order chi connectivity index (χ1) is 26.2. The summed E-state index contributed by atoms with van der Waals surface area (Å²) in [7, 11) is -4.63. The van der Waals surface area contributed by atoms with Crippen LogP contribution in [0.3, 0.4) is 0 Å². The average Bonchev–Trinajstić information content (AvgIpc) is 3.91. The Labute approximate surface area is 326 Å². The number of phosphoric acid groups is 1. The zero-order valence-corrected chi connectivity index (χ0v) is 34.5. The van der Waals surface area contributed by atoms with E-state index in [0.29, 0.717) is 25.0 Å². The van der Waals surface area contributed by atoms with Crippen LogP contribution in [0.2, 0.25) is 0 Å². The largest absolute Gasteiger partial charge is 0.472 e. The Morgan fingerprint density at radius 2 is 1.20 bits per heavy atom. The molecular formula is C42H75O11P. The minimum atomic E-state index is -4.63. The molecule has 0 bridgehead atoms. The monoisotopic (exact) mass is 787 g/mol. The lowest BCUT2D eigenvalue weighted by molar-refractivity contribution is -0.161. The van der Waals surface area contributed by atoms with Gasteiger partial charge < -0.3 is 29.3 Å². The maximum atomic E-state index is 12.6. The second-order valence-corrected chi connectivity index (χ2v) is 15.8. The van der Waals surface area contributed by atoms with E-state index in [4.69, 9.17) is 23.8 Å². The van der Waals surface area contributed by atoms with Crippen molar-refractivity contribution in [2.75, 3.05) is 26.4 Å². The van der Waals surface area contributed by atoms with Crippen LogP contribution in [0.5, 0.6) is 0 Å². The van der Waals surface area contributed by atoms with Crippen molar-refractivity contribution in [1.29, 1.82) is 0 Å². The number of epoxide rings is 1. The lowest BCUT2D eigenvalue weighted by atomic mass is 10.1. The van der Waals surface area contributed by atoms with Crippen LogP contribution >= 0.6 is 7.82 Å². The van der Waals surface area contributed by atoms with E-state index in [1.165, 1.54) is 44.9 Å². The number of carbonyl (C=O) groups excluding carboxylic acids is 2. The van der Waals surface area contributed by atoms with Crippen molar-refractivity contribution in [3.05, 3.63) is 36.5 Å². The number of hydrogen-bond donors (Lipinski definition) is 3. The first-order valence-electron chi connectivity index (χ1n) is 21.1. The van der Waals surface area contributed by atoms with E-state index in [0.717, 1.165) is 83.5 Å². The minimum absolute atomic E-state index is 0.162. The number of carbonyl (C=O) groups is 2. The third kappa shape index (κ3) is 31.4. The van der Waals surface area contributed by atoms with Gasteiger partial charge in [0.25, 0.3) is 0 Å². The van der Waals surface area contributed by atoms with Crippen molar-refractivity contribution in [2.45, 2.75) is 192 Å². The topological polar surface area (TPSA) is 161 Å². The third-order valence-electron chi connectivity index (χ3n) is 9.19. The van der Waals surface area contributed by atoms with Gasteiger partial charge in [-0.25, -0.2) is 4.57 Å². The van der Waals surface area contributed by atoms with Crippen LogP contribution in [-0.2, 0) is 37.4 Å². The number of unbranched alkanes of at least 4 members (excludes halogenated alkanes) is 15. The van der Waals surface area contributed by atoms with Crippen LogP contribution < -0.4 is 0 Å². The van der Waals surface area contributed by atoms with Crippen molar-refractivity contribution >= 4 is 19.8 Å². The van der Waals surface area contributed by atoms with E-state index >= 15 is 0 Å². The van der Waals surface area contributed by atoms with Gasteiger partial charge in [-0.05, 0) is 70.6 Å². The van der Waals surface area contributed by atoms with E-state index in [1.54, 1.807) is 0 Å². The lowest BCUT2D eigenvalue weighted by Crippen LogP contribution is -2.29. The summed E-state index contributed by atoms with van der Waals surface area (Å²) in [6.07, 6.45) is 35.6. The summed E-state index contributed by atoms with van der Waals surface area (Å²) in [6.45, 7) is 2.27. The number of hydrogen-bond acceptors (Lipinski definition) is 10. The van der Waals surface area contributed by atoms with Crippen LogP contribution in [0, 0.1) is 0 Å². The summed E-state index contributed by atoms with van der Waals surface area (Å²) >= 11 is 0. The van der Waals surface area contributed by atoms with Gasteiger partial charge in [0.15, 0.2) is 6.10 Å². The van der Waals surface area contributed by atoms with E-state index in [1.807, 2.05) is 0 Å². The highest BCUT2D eigenvalue weighted by atomic mass is 31.2. The van der Waals surface area contributed by atoms with Crippen molar-refractivity contribution < 1.29 is 52.5 Å². The van der Waals surface area contributed by atoms with Gasteiger partial charge in [0, 0.05) is 12.8 Å². The third-order valence-corrected chi connectivity index (χ3v) is 10.1. The quantitative estimate of drug-likeness (QED) is 0.0180. The molecule has 314 valence electrons. The summed E-state index contributed by atoms with van der Waals surface area (Å²) < 4.78 is 38.4. The van der Waals surface area contributed by atoms with Gasteiger partial charge in [-0.2, -0.15) is 0 Å². The van der Waals surface area contributed by atoms with Gasteiger partial charge in [0.2, 0.25) is 0 Å². The molecule has 5 atom stereocenters. The highest BCUT2D eigenvalue weighted by Gasteiger charge is 2.36. The van der Waals surface area contributed by atoms with E-state index in [2.05, 4.69) is 54.8 Å². The number of phosphoric ester groups is 1. The SMILES string of the molecule is CCCCC/C=C\C/C=C\CCCCCCCC(=O)O[C@H](COC(=O)CCCCCCC/C=C\CC1OC1CCCCC)COP(=O)(O)OC[C@@H](O)CO. The van der Waals surface area contributed by atoms with Gasteiger partial charge in [-0.1, -0.05) is 121 Å². The summed E-state index contributed by atoms with van der Waals surface area (Å²) in [6, 6.07) is 0. The molecule has 12 heteroatoms. The first-order valence-corrected chi connectivity index (χ1v) is 22.6. The fraction of sp³-hybridized carbons (Fsp3) is 0.810. The van der Waals surface area contributed by atoms with Crippen LogP contribution in [0.25, 0.3) is 0 Å². The predicted molar refractivity (Wildman–Crippen MR) is 214 cm³/mol. The van der Waals surface area contributed by atoms with E-state index in [9.17, 15) is 24.2 Å². The van der Waals surface area contributed by atoms with Gasteiger partial charge in [0.05, 0.1) is 32.0 Å². The Morgan fingerprint density at radius 1 is 0.667 bits per heavy atom. The molecule has 0 aliphatic carbocycles. The van der Waals surface area contributed by atoms with E-state index < -0.39 is 51.8 Å². The molecule has 54 heavy (non-hydrogen) atoms. The Hall–Kier alpha value is -1.85. The Kier molecular flexibility index (Phi) is 32.0. The summed E-state index contributed by atoms with van der Waals surface area (Å²) in [5, 5.41) is 18.3. The number of ether oxygens (including phenoxy) is 3. The molecule has 3 unspecified atom stereocenters. The molecule has 0 radical (unpaired) electrons. The Bertz CT molecular complexity index is 1060. The Balaban J connectivity index is 2.27. The maximum Gasteiger partial charge on any atom is 0.472 e. The number of esters is 2. The molecule has 1 rings (SSSR count). The van der Waals surface area contributed by atoms with Crippen LogP contribution in [0.1, 0.15) is 168 Å². The number of aliphatic hydroxyl groups is 2. The minimum Gasteiger partial charge on any atom is -0.462 e. The first kappa shape index (κ1) is 50.2. The van der Waals surface area contributed by atoms with E-state index in [-0.39, 0.29) is 19.4 Å². The fourth-order valence-corrected chi connectivity index (χ4v) is 6.58. The molecular weight excluding hydrogens is 711 g/mol. The smallest absolute Gasteiger partial charge is 0.462 e. The van der Waals surface area contributed by atoms with Crippen molar-refractivity contribution in [3.63, 3.8) is 0 Å². The molecule has 0 aromatic rings. The van der Waals surface area contributed by atoms with Crippen molar-refractivity contribution in [2.24, 2.45) is 0 Å². The number of allylic oxidation sites excluding steroid dienone is 5. The highest BCUT2D eigenvalue weighted by Crippen LogP contribution is 2.43. The molecule has 0 aromatic heterocycles. The van der Waals surface area contributed by atoms with Crippen LogP contribution in [0.15, 0.2) is 36.5 Å². The van der Waals surface area contributed by atoms with Crippen molar-refractivity contribution in [1.82, 2.24) is 0 Å². The molecule has 1 aliphatic heterocycles. The molecule has 3 N–H and O–H groups in total. The zero-order valence-electron chi connectivity index (χ0n) is 33.6. The molecule has 0 aromatic carbocycles. The second-order valence-electron chi connectivity index (χ2n) is 14.4. The highest BCUT2D eigenvalue weighted by molar-refractivity contribution is 7.47. The van der Waals surface area contributed by atoms with Gasteiger partial charge in [0.1, 0.15) is 12.7 Å². The van der Waals surface area contributed by atoms with Gasteiger partial charge in [-0.3, -0.25) is 18.6 Å². The molecule has 0 saturated carbocycles.